The standard InChI is InChI=1S/C51H34N4OSi/c1-6-18-35(19-7-1)49-52-50(36-20-8-2-9-21-36)54-51(53-49)37-30-31-42-41(34-37)47-43(55(42)38-22-10-3-11-23-38)32-33-46-48(47)56-44-28-16-17-29-45(44)57(46,39-24-12-4-13-25-39)40-26-14-5-15-27-40/h1-34H. The molecule has 0 N–H and O–H groups in total. The highest BCUT2D eigenvalue weighted by molar-refractivity contribution is 7.20. The van der Waals surface area contributed by atoms with Crippen LogP contribution in [0.4, 0.5) is 0 Å². The molecule has 11 rings (SSSR count). The molecule has 57 heavy (non-hydrogen) atoms. The smallest absolute Gasteiger partial charge is 0.188 e. The third-order valence-electron chi connectivity index (χ3n) is 11.2. The second-order valence-electron chi connectivity index (χ2n) is 14.4. The first-order valence-electron chi connectivity index (χ1n) is 19.2. The van der Waals surface area contributed by atoms with Crippen molar-refractivity contribution in [2.24, 2.45) is 0 Å². The van der Waals surface area contributed by atoms with E-state index in [1.54, 1.807) is 0 Å². The van der Waals surface area contributed by atoms with Gasteiger partial charge in [0.2, 0.25) is 0 Å². The first kappa shape index (κ1) is 33.0. The molecule has 1 aliphatic heterocycles. The van der Waals surface area contributed by atoms with Gasteiger partial charge in [-0.1, -0.05) is 164 Å². The molecule has 0 radical (unpaired) electrons. The lowest BCUT2D eigenvalue weighted by Crippen LogP contribution is -2.76. The van der Waals surface area contributed by atoms with Gasteiger partial charge in [-0.2, -0.15) is 0 Å². The molecule has 0 amide bonds. The molecular formula is C51H34N4OSi. The van der Waals surface area contributed by atoms with Crippen LogP contribution in [0.3, 0.4) is 0 Å². The maximum absolute atomic E-state index is 7.23. The van der Waals surface area contributed by atoms with E-state index in [-0.39, 0.29) is 0 Å². The highest BCUT2D eigenvalue weighted by atomic mass is 28.3. The summed E-state index contributed by atoms with van der Waals surface area (Å²) in [5.41, 5.74) is 5.99. The van der Waals surface area contributed by atoms with E-state index in [4.69, 9.17) is 19.7 Å². The molecule has 0 fully saturated rings. The molecule has 6 heteroatoms. The minimum absolute atomic E-state index is 0.610. The minimum Gasteiger partial charge on any atom is -0.457 e. The molecule has 5 nitrogen and oxygen atoms in total. The van der Waals surface area contributed by atoms with Gasteiger partial charge >= 0.3 is 0 Å². The summed E-state index contributed by atoms with van der Waals surface area (Å²) in [6.07, 6.45) is 0. The number of hydrogen-bond acceptors (Lipinski definition) is 4. The Morgan fingerprint density at radius 3 is 1.49 bits per heavy atom. The Labute approximate surface area is 331 Å². The third kappa shape index (κ3) is 5.26. The maximum atomic E-state index is 7.23. The molecule has 0 spiro atoms. The monoisotopic (exact) mass is 746 g/mol. The molecule has 10 aromatic rings. The van der Waals surface area contributed by atoms with Crippen molar-refractivity contribution in [3.63, 3.8) is 0 Å². The Bertz CT molecular complexity index is 2980. The van der Waals surface area contributed by atoms with Gasteiger partial charge in [0, 0.05) is 27.8 Å². The van der Waals surface area contributed by atoms with Crippen LogP contribution in [-0.2, 0) is 0 Å². The van der Waals surface area contributed by atoms with Crippen LogP contribution < -0.4 is 25.5 Å². The fourth-order valence-corrected chi connectivity index (χ4v) is 13.7. The van der Waals surface area contributed by atoms with Crippen LogP contribution in [0.1, 0.15) is 0 Å². The Kier molecular flexibility index (Phi) is 7.76. The molecule has 3 heterocycles. The van der Waals surface area contributed by atoms with Gasteiger partial charge in [0.1, 0.15) is 11.5 Å². The molecule has 0 aliphatic carbocycles. The van der Waals surface area contributed by atoms with Gasteiger partial charge in [-0.15, -0.1) is 0 Å². The number of ether oxygens (including phenoxy) is 1. The van der Waals surface area contributed by atoms with E-state index >= 15 is 0 Å². The van der Waals surface area contributed by atoms with Gasteiger partial charge in [0.25, 0.3) is 0 Å². The van der Waals surface area contributed by atoms with Crippen LogP contribution >= 0.6 is 0 Å². The summed E-state index contributed by atoms with van der Waals surface area (Å²) >= 11 is 0. The SMILES string of the molecule is c1ccc(-c2nc(-c3ccccc3)nc(-c3ccc4c(c3)c3c5c(ccc3n4-c3ccccc3)[Si](c3ccccc3)(c3ccccc3)c3ccccc3O5)n2)cc1. The fourth-order valence-electron chi connectivity index (χ4n) is 8.70. The van der Waals surface area contributed by atoms with Crippen molar-refractivity contribution in [1.29, 1.82) is 0 Å². The van der Waals surface area contributed by atoms with E-state index in [1.165, 1.54) is 20.7 Å². The molecule has 0 bridgehead atoms. The van der Waals surface area contributed by atoms with Crippen molar-refractivity contribution in [2.45, 2.75) is 0 Å². The van der Waals surface area contributed by atoms with Crippen molar-refractivity contribution in [1.82, 2.24) is 19.5 Å². The van der Waals surface area contributed by atoms with Crippen LogP contribution in [-0.4, -0.2) is 27.6 Å². The zero-order valence-electron chi connectivity index (χ0n) is 30.8. The molecule has 8 aromatic carbocycles. The van der Waals surface area contributed by atoms with Gasteiger partial charge in [-0.05, 0) is 63.2 Å². The number of hydrogen-bond donors (Lipinski definition) is 0. The van der Waals surface area contributed by atoms with E-state index in [0.717, 1.165) is 55.7 Å². The van der Waals surface area contributed by atoms with Crippen molar-refractivity contribution in [2.75, 3.05) is 0 Å². The first-order chi connectivity index (χ1) is 28.3. The topological polar surface area (TPSA) is 52.8 Å². The summed E-state index contributed by atoms with van der Waals surface area (Å²) in [4.78, 5) is 15.2. The third-order valence-corrected chi connectivity index (χ3v) is 16.0. The lowest BCUT2D eigenvalue weighted by atomic mass is 10.1. The summed E-state index contributed by atoms with van der Waals surface area (Å²) in [5.74, 6) is 3.66. The number of para-hydroxylation sites is 2. The van der Waals surface area contributed by atoms with Crippen LogP contribution in [0.5, 0.6) is 11.5 Å². The average molecular weight is 747 g/mol. The highest BCUT2D eigenvalue weighted by Crippen LogP contribution is 2.42. The van der Waals surface area contributed by atoms with Crippen molar-refractivity contribution < 1.29 is 4.74 Å². The molecule has 0 saturated carbocycles. The minimum atomic E-state index is -2.89. The van der Waals surface area contributed by atoms with Gasteiger partial charge in [0.15, 0.2) is 25.5 Å². The molecule has 268 valence electrons. The van der Waals surface area contributed by atoms with Crippen LogP contribution in [0.25, 0.3) is 61.7 Å². The zero-order chi connectivity index (χ0) is 37.8. The number of nitrogens with zero attached hydrogens (tertiary/aromatic N) is 4. The molecule has 2 aromatic heterocycles. The Balaban J connectivity index is 1.24. The second kappa shape index (κ2) is 13.4. The second-order valence-corrected chi connectivity index (χ2v) is 18.1. The summed E-state index contributed by atoms with van der Waals surface area (Å²) in [6, 6.07) is 72.8. The van der Waals surface area contributed by atoms with Crippen LogP contribution in [0.2, 0.25) is 0 Å². The van der Waals surface area contributed by atoms with Gasteiger partial charge < -0.3 is 9.30 Å². The van der Waals surface area contributed by atoms with E-state index in [1.807, 2.05) is 60.7 Å². The fraction of sp³-hybridized carbons (Fsp3) is 0. The average Bonchev–Trinajstić information content (AvgIpc) is 3.64. The van der Waals surface area contributed by atoms with Gasteiger partial charge in [-0.25, -0.2) is 15.0 Å². The Morgan fingerprint density at radius 2 is 0.895 bits per heavy atom. The Morgan fingerprint density at radius 1 is 0.404 bits per heavy atom. The Hall–Kier alpha value is -7.41. The zero-order valence-corrected chi connectivity index (χ0v) is 31.8. The largest absolute Gasteiger partial charge is 0.457 e. The normalized spacial score (nSPS) is 12.8. The summed E-state index contributed by atoms with van der Waals surface area (Å²) in [5, 5.41) is 7.22. The van der Waals surface area contributed by atoms with Gasteiger partial charge in [0.05, 0.1) is 16.4 Å². The van der Waals surface area contributed by atoms with Gasteiger partial charge in [-0.3, -0.25) is 0 Å². The molecule has 0 saturated heterocycles. The van der Waals surface area contributed by atoms with Crippen LogP contribution in [0.15, 0.2) is 206 Å². The predicted octanol–water partition coefficient (Wildman–Crippen LogP) is 9.45. The van der Waals surface area contributed by atoms with E-state index in [0.29, 0.717) is 17.5 Å². The molecular weight excluding hydrogens is 713 g/mol. The van der Waals surface area contributed by atoms with E-state index in [2.05, 4.69) is 150 Å². The summed E-state index contributed by atoms with van der Waals surface area (Å²) in [7, 11) is -2.89. The van der Waals surface area contributed by atoms with Crippen molar-refractivity contribution in [3.8, 4) is 51.3 Å². The number of fused-ring (bicyclic) bond motifs is 6. The van der Waals surface area contributed by atoms with E-state index < -0.39 is 8.07 Å². The summed E-state index contributed by atoms with van der Waals surface area (Å²) < 4.78 is 9.58. The summed E-state index contributed by atoms with van der Waals surface area (Å²) in [6.45, 7) is 0. The highest BCUT2D eigenvalue weighted by Gasteiger charge is 2.48. The predicted molar refractivity (Wildman–Crippen MR) is 234 cm³/mol. The van der Waals surface area contributed by atoms with Crippen molar-refractivity contribution >= 4 is 50.6 Å². The lowest BCUT2D eigenvalue weighted by Gasteiger charge is -2.39. The first-order valence-corrected chi connectivity index (χ1v) is 21.2. The molecule has 0 atom stereocenters. The maximum Gasteiger partial charge on any atom is 0.188 e. The number of rotatable bonds is 6. The molecule has 0 unspecified atom stereocenters. The lowest BCUT2D eigenvalue weighted by molar-refractivity contribution is 0.493. The van der Waals surface area contributed by atoms with Crippen molar-refractivity contribution in [3.05, 3.63) is 206 Å². The number of aromatic nitrogens is 4. The number of benzene rings is 8. The van der Waals surface area contributed by atoms with E-state index in [9.17, 15) is 0 Å². The van der Waals surface area contributed by atoms with Crippen LogP contribution in [0, 0.1) is 0 Å². The quantitative estimate of drug-likeness (QED) is 0.159. The molecule has 1 aliphatic rings.